The fourth-order valence-electron chi connectivity index (χ4n) is 2.40. The first-order valence-corrected chi connectivity index (χ1v) is 7.96. The second kappa shape index (κ2) is 7.53. The molecule has 0 radical (unpaired) electrons. The van der Waals surface area contributed by atoms with Gasteiger partial charge < -0.3 is 14.5 Å². The number of carbonyl (C=O) groups is 1. The topological polar surface area (TPSA) is 51.5 Å². The lowest BCUT2D eigenvalue weighted by Crippen LogP contribution is -2.17. The number of amides is 1. The van der Waals surface area contributed by atoms with Gasteiger partial charge in [-0.25, -0.2) is 0 Å². The summed E-state index contributed by atoms with van der Waals surface area (Å²) in [6.07, 6.45) is -9.36. The summed E-state index contributed by atoms with van der Waals surface area (Å²) in [5.74, 6) is -1.32. The lowest BCUT2D eigenvalue weighted by atomic mass is 10.1. The summed E-state index contributed by atoms with van der Waals surface area (Å²) in [5.41, 5.74) is -0.562. The summed E-state index contributed by atoms with van der Waals surface area (Å²) < 4.78 is 83.9. The molecule has 4 nitrogen and oxygen atoms in total. The van der Waals surface area contributed by atoms with Crippen molar-refractivity contribution in [3.8, 4) is 17.1 Å². The van der Waals surface area contributed by atoms with E-state index in [0.717, 1.165) is 24.3 Å². The number of benzene rings is 2. The van der Waals surface area contributed by atoms with E-state index in [9.17, 15) is 31.1 Å². The van der Waals surface area contributed by atoms with Gasteiger partial charge in [-0.3, -0.25) is 4.79 Å². The van der Waals surface area contributed by atoms with Crippen molar-refractivity contribution in [1.82, 2.24) is 0 Å². The molecule has 0 saturated carbocycles. The molecule has 10 heteroatoms. The van der Waals surface area contributed by atoms with Crippen LogP contribution in [0.5, 0.6) is 5.75 Å². The van der Waals surface area contributed by atoms with E-state index in [1.54, 1.807) is 0 Å². The lowest BCUT2D eigenvalue weighted by Gasteiger charge is -2.09. The van der Waals surface area contributed by atoms with Crippen molar-refractivity contribution in [2.75, 3.05) is 5.32 Å². The van der Waals surface area contributed by atoms with Gasteiger partial charge in [-0.1, -0.05) is 12.1 Å². The molecule has 1 N–H and O–H groups in total. The van der Waals surface area contributed by atoms with Crippen molar-refractivity contribution >= 4 is 11.6 Å². The van der Waals surface area contributed by atoms with E-state index < -0.39 is 29.8 Å². The molecular weight excluding hydrogens is 404 g/mol. The molecule has 1 aromatic heterocycles. The van der Waals surface area contributed by atoms with Crippen LogP contribution in [-0.4, -0.2) is 12.3 Å². The second-order valence-corrected chi connectivity index (χ2v) is 5.77. The van der Waals surface area contributed by atoms with Gasteiger partial charge in [-0.15, -0.1) is 13.2 Å². The molecule has 3 rings (SSSR count). The zero-order valence-electron chi connectivity index (χ0n) is 14.3. The Balaban J connectivity index is 1.71. The van der Waals surface area contributed by atoms with Crippen LogP contribution in [-0.2, 0) is 6.18 Å². The molecule has 152 valence electrons. The molecule has 2 aromatic carbocycles. The van der Waals surface area contributed by atoms with Gasteiger partial charge in [-0.2, -0.15) is 13.2 Å². The number of hydrogen-bond acceptors (Lipinski definition) is 3. The molecule has 1 amide bonds. The summed E-state index contributed by atoms with van der Waals surface area (Å²) in [6.45, 7) is 0. The first-order valence-electron chi connectivity index (χ1n) is 7.96. The first-order chi connectivity index (χ1) is 13.5. The quantitative estimate of drug-likeness (QED) is 0.523. The predicted octanol–water partition coefficient (Wildman–Crippen LogP) is 6.12. The molecule has 0 unspecified atom stereocenters. The zero-order valence-corrected chi connectivity index (χ0v) is 14.3. The van der Waals surface area contributed by atoms with Crippen LogP contribution in [0.2, 0.25) is 0 Å². The summed E-state index contributed by atoms with van der Waals surface area (Å²) in [7, 11) is 0. The largest absolute Gasteiger partial charge is 0.573 e. The highest BCUT2D eigenvalue weighted by molar-refractivity contribution is 6.02. The van der Waals surface area contributed by atoms with Crippen molar-refractivity contribution < 1.29 is 40.3 Å². The van der Waals surface area contributed by atoms with Crippen LogP contribution >= 0.6 is 0 Å². The van der Waals surface area contributed by atoms with E-state index in [-0.39, 0.29) is 22.8 Å². The summed E-state index contributed by atoms with van der Waals surface area (Å²) >= 11 is 0. The number of anilines is 1. The predicted molar refractivity (Wildman–Crippen MR) is 90.2 cm³/mol. The third-order valence-electron chi connectivity index (χ3n) is 3.65. The number of halogens is 6. The maximum Gasteiger partial charge on any atom is 0.573 e. The van der Waals surface area contributed by atoms with Crippen molar-refractivity contribution in [2.24, 2.45) is 0 Å². The molecule has 0 atom stereocenters. The normalized spacial score (nSPS) is 11.9. The molecular formula is C19H11F6NO3. The Morgan fingerprint density at radius 1 is 0.897 bits per heavy atom. The summed E-state index contributed by atoms with van der Waals surface area (Å²) in [5, 5.41) is 2.40. The monoisotopic (exact) mass is 415 g/mol. The van der Waals surface area contributed by atoms with Gasteiger partial charge in [0.1, 0.15) is 11.5 Å². The van der Waals surface area contributed by atoms with Crippen LogP contribution in [0.1, 0.15) is 16.1 Å². The molecule has 0 fully saturated rings. The zero-order chi connectivity index (χ0) is 21.2. The van der Waals surface area contributed by atoms with Crippen LogP contribution in [0.3, 0.4) is 0 Å². The van der Waals surface area contributed by atoms with Crippen molar-refractivity contribution in [2.45, 2.75) is 12.5 Å². The fourth-order valence-corrected chi connectivity index (χ4v) is 2.40. The third-order valence-corrected chi connectivity index (χ3v) is 3.65. The van der Waals surface area contributed by atoms with E-state index in [0.29, 0.717) is 0 Å². The summed E-state index contributed by atoms with van der Waals surface area (Å²) in [4.78, 5) is 12.2. The molecule has 0 aliphatic heterocycles. The first kappa shape index (κ1) is 20.3. The van der Waals surface area contributed by atoms with Crippen molar-refractivity contribution in [3.05, 3.63) is 72.0 Å². The SMILES string of the molecule is O=C(Nc1ccc(OC(F)(F)F)cc1)c1ccc(-c2cccc(C(F)(F)F)c2)o1. The highest BCUT2D eigenvalue weighted by atomic mass is 19.4. The molecule has 3 aromatic rings. The number of ether oxygens (including phenoxy) is 1. The number of alkyl halides is 6. The number of nitrogens with one attached hydrogen (secondary N) is 1. The Morgan fingerprint density at radius 3 is 2.21 bits per heavy atom. The molecule has 0 bridgehead atoms. The van der Waals surface area contributed by atoms with Crippen molar-refractivity contribution in [1.29, 1.82) is 0 Å². The van der Waals surface area contributed by atoms with E-state index in [1.807, 2.05) is 0 Å². The number of carbonyl (C=O) groups excluding carboxylic acids is 1. The number of hydrogen-bond donors (Lipinski definition) is 1. The third kappa shape index (κ3) is 5.31. The standard InChI is InChI=1S/C19H11F6NO3/c20-18(21,22)12-3-1-2-11(10-12)15-8-9-16(28-15)17(27)26-13-4-6-14(7-5-13)29-19(23,24)25/h1-10H,(H,26,27). The van der Waals surface area contributed by atoms with Gasteiger partial charge in [0.25, 0.3) is 5.91 Å². The molecule has 29 heavy (non-hydrogen) atoms. The van der Waals surface area contributed by atoms with Gasteiger partial charge in [0.2, 0.25) is 0 Å². The Labute approximate surface area is 159 Å². The summed E-state index contributed by atoms with van der Waals surface area (Å²) in [6, 6.07) is 11.4. The van der Waals surface area contributed by atoms with E-state index in [1.165, 1.54) is 36.4 Å². The van der Waals surface area contributed by atoms with Crippen LogP contribution in [0, 0.1) is 0 Å². The highest BCUT2D eigenvalue weighted by Crippen LogP contribution is 2.33. The van der Waals surface area contributed by atoms with Gasteiger partial charge in [0.15, 0.2) is 5.76 Å². The molecule has 0 aliphatic carbocycles. The van der Waals surface area contributed by atoms with E-state index >= 15 is 0 Å². The molecule has 0 aliphatic rings. The minimum atomic E-state index is -4.83. The maximum atomic E-state index is 12.8. The Bertz CT molecular complexity index is 1010. The Kier molecular flexibility index (Phi) is 5.27. The van der Waals surface area contributed by atoms with Gasteiger partial charge in [0, 0.05) is 11.3 Å². The van der Waals surface area contributed by atoms with Gasteiger partial charge in [0.05, 0.1) is 5.56 Å². The van der Waals surface area contributed by atoms with Gasteiger partial charge in [-0.05, 0) is 48.5 Å². The molecule has 1 heterocycles. The number of rotatable bonds is 4. The molecule has 0 saturated heterocycles. The van der Waals surface area contributed by atoms with Crippen LogP contribution in [0.4, 0.5) is 32.0 Å². The van der Waals surface area contributed by atoms with Crippen LogP contribution in [0.15, 0.2) is 65.1 Å². The average molecular weight is 415 g/mol. The van der Waals surface area contributed by atoms with Crippen LogP contribution < -0.4 is 10.1 Å². The fraction of sp³-hybridized carbons (Fsp3) is 0.105. The highest BCUT2D eigenvalue weighted by Gasteiger charge is 2.31. The second-order valence-electron chi connectivity index (χ2n) is 5.77. The smallest absolute Gasteiger partial charge is 0.451 e. The van der Waals surface area contributed by atoms with Crippen LogP contribution in [0.25, 0.3) is 11.3 Å². The maximum absolute atomic E-state index is 12.8. The number of furan rings is 1. The molecule has 0 spiro atoms. The van der Waals surface area contributed by atoms with Gasteiger partial charge >= 0.3 is 12.5 Å². The minimum absolute atomic E-state index is 0.0511. The average Bonchev–Trinajstić information content (AvgIpc) is 3.12. The van der Waals surface area contributed by atoms with E-state index in [4.69, 9.17) is 4.42 Å². The van der Waals surface area contributed by atoms with Crippen molar-refractivity contribution in [3.63, 3.8) is 0 Å². The Morgan fingerprint density at radius 2 is 1.59 bits per heavy atom. The minimum Gasteiger partial charge on any atom is -0.451 e. The Hall–Kier alpha value is -3.43. The van der Waals surface area contributed by atoms with E-state index in [2.05, 4.69) is 10.1 Å². The lowest BCUT2D eigenvalue weighted by molar-refractivity contribution is -0.274.